The maximum Gasteiger partial charge on any atom is 0.0406 e. The molecule has 0 saturated carbocycles. The van der Waals surface area contributed by atoms with Gasteiger partial charge in [0.05, 0.1) is 0 Å². The standard InChI is InChI=1S/C22H19BrClN/c1-25(2)20-14-10-18(11-15-20)22(23)21(16-6-4-3-5-7-16)17-8-12-19(24)13-9-17/h3-15H,1-2H3/b22-21-. The summed E-state index contributed by atoms with van der Waals surface area (Å²) in [4.78, 5) is 2.10. The molecule has 0 fully saturated rings. The van der Waals surface area contributed by atoms with Crippen LogP contribution in [-0.4, -0.2) is 14.1 Å². The number of rotatable bonds is 4. The lowest BCUT2D eigenvalue weighted by atomic mass is 9.95. The second kappa shape index (κ2) is 7.90. The molecular weight excluding hydrogens is 394 g/mol. The second-order valence-corrected chi connectivity index (χ2v) is 7.23. The summed E-state index contributed by atoms with van der Waals surface area (Å²) in [6.07, 6.45) is 0. The predicted octanol–water partition coefficient (Wildman–Crippen LogP) is 6.72. The Kier molecular flexibility index (Phi) is 5.62. The first kappa shape index (κ1) is 17.8. The zero-order valence-corrected chi connectivity index (χ0v) is 16.6. The molecule has 0 aliphatic carbocycles. The first-order chi connectivity index (χ1) is 12.1. The van der Waals surface area contributed by atoms with E-state index >= 15 is 0 Å². The van der Waals surface area contributed by atoms with Crippen molar-refractivity contribution in [1.29, 1.82) is 0 Å². The summed E-state index contributed by atoms with van der Waals surface area (Å²) in [7, 11) is 4.09. The van der Waals surface area contributed by atoms with Crippen LogP contribution in [0, 0.1) is 0 Å². The highest BCUT2D eigenvalue weighted by atomic mass is 79.9. The molecule has 0 saturated heterocycles. The van der Waals surface area contributed by atoms with Crippen LogP contribution in [0.5, 0.6) is 0 Å². The van der Waals surface area contributed by atoms with Gasteiger partial charge >= 0.3 is 0 Å². The van der Waals surface area contributed by atoms with Crippen LogP contribution in [0.4, 0.5) is 5.69 Å². The van der Waals surface area contributed by atoms with E-state index in [9.17, 15) is 0 Å². The third kappa shape index (κ3) is 4.15. The zero-order valence-electron chi connectivity index (χ0n) is 14.2. The van der Waals surface area contributed by atoms with E-state index in [-0.39, 0.29) is 0 Å². The number of hydrogen-bond donors (Lipinski definition) is 0. The SMILES string of the molecule is CN(C)c1ccc(/C(Br)=C(\c2ccccc2)c2ccc(Cl)cc2)cc1. The van der Waals surface area contributed by atoms with E-state index in [4.69, 9.17) is 11.6 Å². The van der Waals surface area contributed by atoms with Crippen molar-refractivity contribution in [2.75, 3.05) is 19.0 Å². The molecule has 25 heavy (non-hydrogen) atoms. The maximum atomic E-state index is 6.07. The number of halogens is 2. The highest BCUT2D eigenvalue weighted by molar-refractivity contribution is 9.15. The molecule has 0 amide bonds. The minimum Gasteiger partial charge on any atom is -0.378 e. The van der Waals surface area contributed by atoms with Gasteiger partial charge in [-0.25, -0.2) is 0 Å². The Morgan fingerprint density at radius 2 is 1.24 bits per heavy atom. The van der Waals surface area contributed by atoms with Gasteiger partial charge < -0.3 is 4.90 Å². The fraction of sp³-hybridized carbons (Fsp3) is 0.0909. The van der Waals surface area contributed by atoms with Crippen LogP contribution in [-0.2, 0) is 0 Å². The van der Waals surface area contributed by atoms with Crippen LogP contribution in [0.25, 0.3) is 10.1 Å². The van der Waals surface area contributed by atoms with Crippen molar-refractivity contribution in [2.45, 2.75) is 0 Å². The normalized spacial score (nSPS) is 11.8. The Labute approximate surface area is 162 Å². The van der Waals surface area contributed by atoms with E-state index < -0.39 is 0 Å². The lowest BCUT2D eigenvalue weighted by Gasteiger charge is -2.15. The molecule has 3 aromatic carbocycles. The van der Waals surface area contributed by atoms with E-state index in [2.05, 4.69) is 81.5 Å². The quantitative estimate of drug-likeness (QED) is 0.430. The van der Waals surface area contributed by atoms with Crippen LogP contribution < -0.4 is 4.90 Å². The molecule has 0 aliphatic heterocycles. The summed E-state index contributed by atoms with van der Waals surface area (Å²) in [5.41, 5.74) is 5.75. The Morgan fingerprint density at radius 3 is 1.80 bits per heavy atom. The van der Waals surface area contributed by atoms with Crippen LogP contribution in [0.1, 0.15) is 16.7 Å². The lowest BCUT2D eigenvalue weighted by molar-refractivity contribution is 1.13. The molecule has 0 radical (unpaired) electrons. The van der Waals surface area contributed by atoms with E-state index in [0.29, 0.717) is 0 Å². The third-order valence-electron chi connectivity index (χ3n) is 4.05. The van der Waals surface area contributed by atoms with Gasteiger partial charge in [-0.3, -0.25) is 0 Å². The van der Waals surface area contributed by atoms with Gasteiger partial charge in [0, 0.05) is 34.9 Å². The van der Waals surface area contributed by atoms with Crippen molar-refractivity contribution < 1.29 is 0 Å². The molecule has 0 unspecified atom stereocenters. The highest BCUT2D eigenvalue weighted by Crippen LogP contribution is 2.36. The summed E-state index contributed by atoms with van der Waals surface area (Å²) in [6.45, 7) is 0. The fourth-order valence-electron chi connectivity index (χ4n) is 2.69. The minimum absolute atomic E-state index is 0.739. The smallest absolute Gasteiger partial charge is 0.0406 e. The highest BCUT2D eigenvalue weighted by Gasteiger charge is 2.12. The summed E-state index contributed by atoms with van der Waals surface area (Å²) in [5.74, 6) is 0. The van der Waals surface area contributed by atoms with Crippen molar-refractivity contribution in [3.8, 4) is 0 Å². The molecule has 0 aromatic heterocycles. The van der Waals surface area contributed by atoms with Gasteiger partial charge in [-0.15, -0.1) is 0 Å². The number of benzene rings is 3. The van der Waals surface area contributed by atoms with Gasteiger partial charge in [-0.05, 0) is 56.9 Å². The summed E-state index contributed by atoms with van der Waals surface area (Å²) in [5, 5.41) is 0.739. The van der Waals surface area contributed by atoms with Gasteiger partial charge in [0.1, 0.15) is 0 Å². The van der Waals surface area contributed by atoms with Crippen molar-refractivity contribution in [3.05, 3.63) is 101 Å². The van der Waals surface area contributed by atoms with E-state index in [0.717, 1.165) is 31.8 Å². The maximum absolute atomic E-state index is 6.07. The zero-order chi connectivity index (χ0) is 17.8. The average Bonchev–Trinajstić information content (AvgIpc) is 2.64. The number of hydrogen-bond acceptors (Lipinski definition) is 1. The molecule has 0 heterocycles. The van der Waals surface area contributed by atoms with Crippen LogP contribution in [0.3, 0.4) is 0 Å². The lowest BCUT2D eigenvalue weighted by Crippen LogP contribution is -2.08. The summed E-state index contributed by atoms with van der Waals surface area (Å²) in [6, 6.07) is 26.9. The van der Waals surface area contributed by atoms with Crippen molar-refractivity contribution >= 4 is 43.3 Å². The fourth-order valence-corrected chi connectivity index (χ4v) is 3.54. The van der Waals surface area contributed by atoms with Crippen LogP contribution in [0.15, 0.2) is 78.9 Å². The van der Waals surface area contributed by atoms with Crippen molar-refractivity contribution in [2.24, 2.45) is 0 Å². The molecule has 0 bridgehead atoms. The number of anilines is 1. The Hall–Kier alpha value is -2.03. The first-order valence-electron chi connectivity index (χ1n) is 8.05. The molecular formula is C22H19BrClN. The van der Waals surface area contributed by atoms with E-state index in [1.54, 1.807) is 0 Å². The minimum atomic E-state index is 0.739. The first-order valence-corrected chi connectivity index (χ1v) is 9.22. The third-order valence-corrected chi connectivity index (χ3v) is 5.16. The predicted molar refractivity (Wildman–Crippen MR) is 114 cm³/mol. The largest absolute Gasteiger partial charge is 0.378 e. The van der Waals surface area contributed by atoms with Gasteiger partial charge in [0.25, 0.3) is 0 Å². The Balaban J connectivity index is 2.15. The monoisotopic (exact) mass is 411 g/mol. The Bertz CT molecular complexity index is 866. The van der Waals surface area contributed by atoms with E-state index in [1.165, 1.54) is 5.69 Å². The summed E-state index contributed by atoms with van der Waals surface area (Å²) >= 11 is 9.91. The second-order valence-electron chi connectivity index (χ2n) is 6.00. The van der Waals surface area contributed by atoms with E-state index in [1.807, 2.05) is 32.3 Å². The van der Waals surface area contributed by atoms with Crippen molar-refractivity contribution in [1.82, 2.24) is 0 Å². The number of nitrogens with zero attached hydrogens (tertiary/aromatic N) is 1. The molecule has 0 N–H and O–H groups in total. The van der Waals surface area contributed by atoms with Gasteiger partial charge in [0.2, 0.25) is 0 Å². The molecule has 3 aromatic rings. The van der Waals surface area contributed by atoms with Crippen LogP contribution in [0.2, 0.25) is 5.02 Å². The molecule has 3 rings (SSSR count). The molecule has 3 heteroatoms. The molecule has 0 aliphatic rings. The van der Waals surface area contributed by atoms with Gasteiger partial charge in [0.15, 0.2) is 0 Å². The molecule has 1 nitrogen and oxygen atoms in total. The van der Waals surface area contributed by atoms with Crippen LogP contribution >= 0.6 is 27.5 Å². The Morgan fingerprint density at radius 1 is 0.720 bits per heavy atom. The van der Waals surface area contributed by atoms with Crippen molar-refractivity contribution in [3.63, 3.8) is 0 Å². The molecule has 0 atom stereocenters. The average molecular weight is 413 g/mol. The molecule has 0 spiro atoms. The van der Waals surface area contributed by atoms with Gasteiger partial charge in [-0.2, -0.15) is 0 Å². The van der Waals surface area contributed by atoms with Gasteiger partial charge in [-0.1, -0.05) is 66.2 Å². The summed E-state index contributed by atoms with van der Waals surface area (Å²) < 4.78 is 1.06. The topological polar surface area (TPSA) is 3.24 Å². The molecule has 126 valence electrons.